The van der Waals surface area contributed by atoms with Crippen molar-refractivity contribution >= 4 is 29.3 Å². The third-order valence-electron chi connectivity index (χ3n) is 2.23. The molecule has 0 aliphatic heterocycles. The molecule has 0 unspecified atom stereocenters. The van der Waals surface area contributed by atoms with E-state index in [1.807, 2.05) is 31.2 Å². The highest BCUT2D eigenvalue weighted by Gasteiger charge is 2.11. The lowest BCUT2D eigenvalue weighted by Crippen LogP contribution is -2.34. The normalized spacial score (nSPS) is 11.9. The van der Waals surface area contributed by atoms with Gasteiger partial charge in [0.15, 0.2) is 5.76 Å². The van der Waals surface area contributed by atoms with Crippen LogP contribution in [0.4, 0.5) is 0 Å². The molecule has 0 aliphatic carbocycles. The van der Waals surface area contributed by atoms with Crippen molar-refractivity contribution in [2.75, 3.05) is 6.54 Å². The minimum atomic E-state index is -0.228. The summed E-state index contributed by atoms with van der Waals surface area (Å²) in [6.07, 6.45) is 0. The van der Waals surface area contributed by atoms with Gasteiger partial charge in [0.2, 0.25) is 0 Å². The van der Waals surface area contributed by atoms with Gasteiger partial charge in [-0.1, -0.05) is 18.2 Å². The van der Waals surface area contributed by atoms with E-state index in [4.69, 9.17) is 10.2 Å². The first-order valence-electron chi connectivity index (χ1n) is 5.19. The lowest BCUT2D eigenvalue weighted by atomic mass is 10.2. The van der Waals surface area contributed by atoms with Crippen molar-refractivity contribution in [1.29, 1.82) is 0 Å². The molecule has 1 atom stereocenters. The Balaban J connectivity index is 0.00000144. The van der Waals surface area contributed by atoms with Crippen LogP contribution in [0.25, 0.3) is 11.0 Å². The average Bonchev–Trinajstić information content (AvgIpc) is 2.69. The summed E-state index contributed by atoms with van der Waals surface area (Å²) in [5.74, 6) is 0.0929. The van der Waals surface area contributed by atoms with Crippen molar-refractivity contribution in [3.8, 4) is 0 Å². The molecule has 0 saturated carbocycles. The molecule has 5 heteroatoms. The Morgan fingerprint density at radius 2 is 2.18 bits per heavy atom. The number of hydrogen-bond donors (Lipinski definition) is 2. The van der Waals surface area contributed by atoms with Crippen LogP contribution in [0, 0.1) is 0 Å². The summed E-state index contributed by atoms with van der Waals surface area (Å²) < 4.78 is 5.41. The second-order valence-corrected chi connectivity index (χ2v) is 3.84. The lowest BCUT2D eigenvalue weighted by molar-refractivity contribution is 0.0926. The van der Waals surface area contributed by atoms with Crippen LogP contribution in [0.1, 0.15) is 17.5 Å². The van der Waals surface area contributed by atoms with E-state index in [1.165, 1.54) is 0 Å². The maximum atomic E-state index is 11.7. The van der Waals surface area contributed by atoms with Crippen molar-refractivity contribution in [1.82, 2.24) is 5.32 Å². The zero-order valence-electron chi connectivity index (χ0n) is 9.47. The molecule has 1 amide bonds. The largest absolute Gasteiger partial charge is 0.451 e. The molecule has 0 radical (unpaired) electrons. The number of carbonyl (C=O) groups is 1. The topological polar surface area (TPSA) is 68.3 Å². The minimum absolute atomic E-state index is 0. The third-order valence-corrected chi connectivity index (χ3v) is 2.23. The van der Waals surface area contributed by atoms with E-state index in [-0.39, 0.29) is 24.4 Å². The second kappa shape index (κ2) is 5.70. The van der Waals surface area contributed by atoms with Crippen LogP contribution in [0.5, 0.6) is 0 Å². The molecule has 1 heterocycles. The number of nitrogens with one attached hydrogen (secondary N) is 1. The molecule has 0 aliphatic rings. The van der Waals surface area contributed by atoms with Crippen LogP contribution >= 0.6 is 12.4 Å². The lowest BCUT2D eigenvalue weighted by Gasteiger charge is -2.05. The Bertz CT molecular complexity index is 475. The van der Waals surface area contributed by atoms with Gasteiger partial charge < -0.3 is 15.5 Å². The Labute approximate surface area is 106 Å². The van der Waals surface area contributed by atoms with Crippen molar-refractivity contribution in [3.63, 3.8) is 0 Å². The first kappa shape index (κ1) is 13.5. The molecule has 2 rings (SSSR count). The van der Waals surface area contributed by atoms with Gasteiger partial charge in [0, 0.05) is 18.0 Å². The van der Waals surface area contributed by atoms with Crippen LogP contribution in [0.2, 0.25) is 0 Å². The van der Waals surface area contributed by atoms with Crippen molar-refractivity contribution in [3.05, 3.63) is 36.1 Å². The molecule has 2 aromatic rings. The van der Waals surface area contributed by atoms with Crippen LogP contribution < -0.4 is 11.1 Å². The molecule has 0 bridgehead atoms. The fourth-order valence-corrected chi connectivity index (χ4v) is 1.43. The number of nitrogens with two attached hydrogens (primary N) is 1. The first-order chi connectivity index (χ1) is 7.66. The molecular formula is C12H15ClN2O2. The van der Waals surface area contributed by atoms with Gasteiger partial charge in [0.25, 0.3) is 5.91 Å². The summed E-state index contributed by atoms with van der Waals surface area (Å²) in [5, 5.41) is 3.63. The van der Waals surface area contributed by atoms with E-state index >= 15 is 0 Å². The highest BCUT2D eigenvalue weighted by Crippen LogP contribution is 2.18. The zero-order valence-corrected chi connectivity index (χ0v) is 10.3. The Morgan fingerprint density at radius 1 is 1.47 bits per heavy atom. The Morgan fingerprint density at radius 3 is 2.82 bits per heavy atom. The number of carbonyl (C=O) groups excluding carboxylic acids is 1. The maximum Gasteiger partial charge on any atom is 0.287 e. The predicted octanol–water partition coefficient (Wildman–Crippen LogP) is 1.93. The zero-order chi connectivity index (χ0) is 11.5. The van der Waals surface area contributed by atoms with Crippen molar-refractivity contribution in [2.45, 2.75) is 13.0 Å². The number of rotatable bonds is 3. The summed E-state index contributed by atoms with van der Waals surface area (Å²) in [5.41, 5.74) is 6.26. The molecule has 0 saturated heterocycles. The fourth-order valence-electron chi connectivity index (χ4n) is 1.43. The van der Waals surface area contributed by atoms with Gasteiger partial charge in [-0.2, -0.15) is 0 Å². The Hall–Kier alpha value is -1.52. The highest BCUT2D eigenvalue weighted by molar-refractivity contribution is 5.96. The van der Waals surface area contributed by atoms with E-state index in [1.54, 1.807) is 6.07 Å². The van der Waals surface area contributed by atoms with E-state index in [2.05, 4.69) is 5.32 Å². The highest BCUT2D eigenvalue weighted by atomic mass is 35.5. The number of benzene rings is 1. The standard InChI is InChI=1S/C12H14N2O2.ClH/c1-8(13)7-14-12(15)11-6-9-4-2-3-5-10(9)16-11;/h2-6,8H,7,13H2,1H3,(H,14,15);1H/t8-;/m1./s1. The molecule has 4 nitrogen and oxygen atoms in total. The predicted molar refractivity (Wildman–Crippen MR) is 69.4 cm³/mol. The van der Waals surface area contributed by atoms with Gasteiger partial charge in [-0.15, -0.1) is 12.4 Å². The summed E-state index contributed by atoms with van der Waals surface area (Å²) in [6, 6.07) is 9.18. The van der Waals surface area contributed by atoms with Crippen molar-refractivity contribution < 1.29 is 9.21 Å². The number of para-hydroxylation sites is 1. The fraction of sp³-hybridized carbons (Fsp3) is 0.250. The summed E-state index contributed by atoms with van der Waals surface area (Å²) in [7, 11) is 0. The van der Waals surface area contributed by atoms with Gasteiger partial charge in [-0.05, 0) is 19.1 Å². The third kappa shape index (κ3) is 3.22. The van der Waals surface area contributed by atoms with E-state index in [9.17, 15) is 4.79 Å². The van der Waals surface area contributed by atoms with Crippen LogP contribution in [0.15, 0.2) is 34.7 Å². The van der Waals surface area contributed by atoms with Crippen LogP contribution in [-0.2, 0) is 0 Å². The van der Waals surface area contributed by atoms with Gasteiger partial charge in [0.1, 0.15) is 5.58 Å². The number of furan rings is 1. The van der Waals surface area contributed by atoms with Gasteiger partial charge >= 0.3 is 0 Å². The minimum Gasteiger partial charge on any atom is -0.451 e. The van der Waals surface area contributed by atoms with Crippen LogP contribution in [-0.4, -0.2) is 18.5 Å². The SMILES string of the molecule is C[C@@H](N)CNC(=O)c1cc2ccccc2o1.Cl. The van der Waals surface area contributed by atoms with Gasteiger partial charge in [-0.25, -0.2) is 0 Å². The van der Waals surface area contributed by atoms with Crippen molar-refractivity contribution in [2.24, 2.45) is 5.73 Å². The molecule has 17 heavy (non-hydrogen) atoms. The Kier molecular flexibility index (Phi) is 4.54. The molecule has 3 N–H and O–H groups in total. The molecule has 0 fully saturated rings. The molecule has 92 valence electrons. The maximum absolute atomic E-state index is 11.7. The quantitative estimate of drug-likeness (QED) is 0.880. The number of fused-ring (bicyclic) bond motifs is 1. The summed E-state index contributed by atoms with van der Waals surface area (Å²) >= 11 is 0. The molecule has 1 aromatic heterocycles. The molecule has 0 spiro atoms. The number of halogens is 1. The van der Waals surface area contributed by atoms with Gasteiger partial charge in [0.05, 0.1) is 0 Å². The van der Waals surface area contributed by atoms with E-state index in [0.29, 0.717) is 17.9 Å². The van der Waals surface area contributed by atoms with E-state index in [0.717, 1.165) is 5.39 Å². The number of hydrogen-bond acceptors (Lipinski definition) is 3. The monoisotopic (exact) mass is 254 g/mol. The van der Waals surface area contributed by atoms with Crippen LogP contribution in [0.3, 0.4) is 0 Å². The van der Waals surface area contributed by atoms with Gasteiger partial charge in [-0.3, -0.25) is 4.79 Å². The summed E-state index contributed by atoms with van der Waals surface area (Å²) in [6.45, 7) is 2.27. The number of amides is 1. The summed E-state index contributed by atoms with van der Waals surface area (Å²) in [4.78, 5) is 11.7. The molecule has 1 aromatic carbocycles. The second-order valence-electron chi connectivity index (χ2n) is 3.84. The average molecular weight is 255 g/mol. The van der Waals surface area contributed by atoms with E-state index < -0.39 is 0 Å². The molecular weight excluding hydrogens is 240 g/mol. The first-order valence-corrected chi connectivity index (χ1v) is 5.19. The smallest absolute Gasteiger partial charge is 0.287 e.